The first kappa shape index (κ1) is 23.7. The maximum absolute atomic E-state index is 13.3. The lowest BCUT2D eigenvalue weighted by Crippen LogP contribution is -2.37. The summed E-state index contributed by atoms with van der Waals surface area (Å²) < 4.78 is 10.6. The first-order valence-corrected chi connectivity index (χ1v) is 11.6. The zero-order valence-corrected chi connectivity index (χ0v) is 20.3. The van der Waals surface area contributed by atoms with Gasteiger partial charge in [-0.2, -0.15) is 0 Å². The SMILES string of the molecule is COc1c(Cl)cc(/C(O)=C2\C(=O)C(=O)N(C3CCCC3)C2c2ccc(Cl)cc2)c(OC)c1Cl. The minimum Gasteiger partial charge on any atom is -0.507 e. The van der Waals surface area contributed by atoms with Gasteiger partial charge in [-0.15, -0.1) is 0 Å². The van der Waals surface area contributed by atoms with Crippen LogP contribution in [0.2, 0.25) is 15.1 Å². The fraction of sp³-hybridized carbons (Fsp3) is 0.333. The number of Topliss-reactive ketones (excluding diaryl/α,β-unsaturated/α-hetero) is 1. The van der Waals surface area contributed by atoms with E-state index >= 15 is 0 Å². The lowest BCUT2D eigenvalue weighted by Gasteiger charge is -2.30. The number of nitrogens with zero attached hydrogens (tertiary/aromatic N) is 1. The third kappa shape index (κ3) is 4.05. The molecule has 2 aromatic carbocycles. The molecule has 2 aromatic rings. The van der Waals surface area contributed by atoms with E-state index in [-0.39, 0.29) is 38.7 Å². The Morgan fingerprint density at radius 2 is 1.61 bits per heavy atom. The van der Waals surface area contributed by atoms with Crippen molar-refractivity contribution in [3.8, 4) is 11.5 Å². The van der Waals surface area contributed by atoms with Gasteiger partial charge < -0.3 is 19.5 Å². The zero-order chi connectivity index (χ0) is 23.9. The van der Waals surface area contributed by atoms with Gasteiger partial charge in [-0.05, 0) is 36.6 Å². The van der Waals surface area contributed by atoms with Gasteiger partial charge in [0.1, 0.15) is 10.8 Å². The van der Waals surface area contributed by atoms with Gasteiger partial charge in [0, 0.05) is 11.1 Å². The minimum atomic E-state index is -0.783. The number of aliphatic hydroxyl groups is 1. The molecular weight excluding hydrogens is 489 g/mol. The molecule has 1 amide bonds. The van der Waals surface area contributed by atoms with Crippen molar-refractivity contribution in [2.45, 2.75) is 37.8 Å². The first-order valence-electron chi connectivity index (χ1n) is 10.5. The van der Waals surface area contributed by atoms with Crippen molar-refractivity contribution in [1.29, 1.82) is 0 Å². The van der Waals surface area contributed by atoms with Crippen LogP contribution in [0.5, 0.6) is 11.5 Å². The number of halogens is 3. The first-order chi connectivity index (χ1) is 15.8. The van der Waals surface area contributed by atoms with E-state index in [0.717, 1.165) is 25.7 Å². The van der Waals surface area contributed by atoms with Crippen LogP contribution in [-0.2, 0) is 9.59 Å². The molecule has 1 aliphatic carbocycles. The van der Waals surface area contributed by atoms with Crippen LogP contribution < -0.4 is 9.47 Å². The molecular formula is C24H22Cl3NO5. The Hall–Kier alpha value is -2.41. The van der Waals surface area contributed by atoms with Crippen LogP contribution in [0.15, 0.2) is 35.9 Å². The molecule has 1 N–H and O–H groups in total. The van der Waals surface area contributed by atoms with Crippen LogP contribution in [-0.4, -0.2) is 42.0 Å². The number of amides is 1. The number of ether oxygens (including phenoxy) is 2. The summed E-state index contributed by atoms with van der Waals surface area (Å²) in [5, 5.41) is 12.1. The van der Waals surface area contributed by atoms with Gasteiger partial charge in [-0.1, -0.05) is 59.8 Å². The molecule has 1 saturated heterocycles. The molecule has 9 heteroatoms. The summed E-state index contributed by atoms with van der Waals surface area (Å²) in [6.07, 6.45) is 3.53. The summed E-state index contributed by atoms with van der Waals surface area (Å²) >= 11 is 18.8. The molecule has 1 atom stereocenters. The summed E-state index contributed by atoms with van der Waals surface area (Å²) in [6.45, 7) is 0. The number of carbonyl (C=O) groups excluding carboxylic acids is 2. The molecule has 1 unspecified atom stereocenters. The number of hydrogen-bond acceptors (Lipinski definition) is 5. The molecule has 0 aromatic heterocycles. The number of likely N-dealkylation sites (tertiary alicyclic amines) is 1. The number of ketones is 1. The molecule has 0 spiro atoms. The minimum absolute atomic E-state index is 0.0436. The fourth-order valence-corrected chi connectivity index (χ4v) is 5.49. The molecule has 6 nitrogen and oxygen atoms in total. The van der Waals surface area contributed by atoms with Crippen molar-refractivity contribution >= 4 is 52.3 Å². The largest absolute Gasteiger partial charge is 0.507 e. The second kappa shape index (κ2) is 9.45. The Morgan fingerprint density at radius 3 is 2.18 bits per heavy atom. The number of hydrogen-bond donors (Lipinski definition) is 1. The monoisotopic (exact) mass is 509 g/mol. The van der Waals surface area contributed by atoms with Gasteiger partial charge in [0.2, 0.25) is 0 Å². The number of aliphatic hydroxyl groups excluding tert-OH is 1. The third-order valence-electron chi connectivity index (χ3n) is 6.18. The predicted octanol–water partition coefficient (Wildman–Crippen LogP) is 6.03. The van der Waals surface area contributed by atoms with Gasteiger partial charge >= 0.3 is 0 Å². The molecule has 174 valence electrons. The standard InChI is InChI=1S/C24H22Cl3NO5/c1-32-22-15(11-16(26)23(33-2)18(22)27)20(29)17-19(12-7-9-13(25)10-8-12)28(24(31)21(17)30)14-5-3-4-6-14/h7-11,14,19,29H,3-6H2,1-2H3/b20-17+. The van der Waals surface area contributed by atoms with E-state index in [9.17, 15) is 14.7 Å². The molecule has 1 heterocycles. The number of rotatable bonds is 5. The molecule has 0 radical (unpaired) electrons. The second-order valence-electron chi connectivity index (χ2n) is 7.98. The van der Waals surface area contributed by atoms with Crippen LogP contribution in [0, 0.1) is 0 Å². The molecule has 2 aliphatic rings. The Morgan fingerprint density at radius 1 is 1.00 bits per heavy atom. The van der Waals surface area contributed by atoms with Gasteiger partial charge in [-0.25, -0.2) is 0 Å². The van der Waals surface area contributed by atoms with Gasteiger partial charge in [-0.3, -0.25) is 9.59 Å². The number of carbonyl (C=O) groups is 2. The average molecular weight is 511 g/mol. The fourth-order valence-electron chi connectivity index (χ4n) is 4.67. The van der Waals surface area contributed by atoms with Crippen LogP contribution in [0.3, 0.4) is 0 Å². The van der Waals surface area contributed by atoms with E-state index in [2.05, 4.69) is 0 Å². The summed E-state index contributed by atoms with van der Waals surface area (Å²) in [5.74, 6) is -1.58. The summed E-state index contributed by atoms with van der Waals surface area (Å²) in [7, 11) is 2.78. The van der Waals surface area contributed by atoms with Crippen molar-refractivity contribution in [2.24, 2.45) is 0 Å². The molecule has 4 rings (SSSR count). The number of benzene rings is 2. The topological polar surface area (TPSA) is 76.1 Å². The Bertz CT molecular complexity index is 1140. The number of methoxy groups -OCH3 is 2. The maximum atomic E-state index is 13.3. The molecule has 33 heavy (non-hydrogen) atoms. The lowest BCUT2D eigenvalue weighted by atomic mass is 9.94. The van der Waals surface area contributed by atoms with Crippen LogP contribution in [0.1, 0.15) is 42.9 Å². The van der Waals surface area contributed by atoms with E-state index in [1.807, 2.05) is 0 Å². The maximum Gasteiger partial charge on any atom is 0.295 e. The highest BCUT2D eigenvalue weighted by molar-refractivity contribution is 6.47. The van der Waals surface area contributed by atoms with Crippen molar-refractivity contribution < 1.29 is 24.2 Å². The predicted molar refractivity (Wildman–Crippen MR) is 127 cm³/mol. The Labute approximate surface area is 206 Å². The average Bonchev–Trinajstić information content (AvgIpc) is 3.41. The molecule has 0 bridgehead atoms. The van der Waals surface area contributed by atoms with Crippen molar-refractivity contribution in [2.75, 3.05) is 14.2 Å². The summed E-state index contributed by atoms with van der Waals surface area (Å²) in [5.41, 5.74) is 0.707. The molecule has 1 saturated carbocycles. The van der Waals surface area contributed by atoms with Crippen LogP contribution in [0.4, 0.5) is 0 Å². The van der Waals surface area contributed by atoms with Crippen molar-refractivity contribution in [3.05, 3.63) is 62.1 Å². The lowest BCUT2D eigenvalue weighted by molar-refractivity contribution is -0.141. The highest BCUT2D eigenvalue weighted by Crippen LogP contribution is 2.48. The van der Waals surface area contributed by atoms with E-state index in [1.54, 1.807) is 29.2 Å². The highest BCUT2D eigenvalue weighted by atomic mass is 35.5. The quantitative estimate of drug-likeness (QED) is 0.302. The Balaban J connectivity index is 1.96. The van der Waals surface area contributed by atoms with Crippen molar-refractivity contribution in [1.82, 2.24) is 4.90 Å². The van der Waals surface area contributed by atoms with E-state index < -0.39 is 23.5 Å². The van der Waals surface area contributed by atoms with Gasteiger partial charge in [0.25, 0.3) is 11.7 Å². The molecule has 1 aliphatic heterocycles. The smallest absolute Gasteiger partial charge is 0.295 e. The summed E-state index contributed by atoms with van der Waals surface area (Å²) in [4.78, 5) is 28.0. The van der Waals surface area contributed by atoms with E-state index in [1.165, 1.54) is 20.3 Å². The second-order valence-corrected chi connectivity index (χ2v) is 9.20. The van der Waals surface area contributed by atoms with Gasteiger partial charge in [0.15, 0.2) is 11.5 Å². The summed E-state index contributed by atoms with van der Waals surface area (Å²) in [6, 6.07) is 7.40. The van der Waals surface area contributed by atoms with Crippen molar-refractivity contribution in [3.63, 3.8) is 0 Å². The zero-order valence-electron chi connectivity index (χ0n) is 18.0. The highest BCUT2D eigenvalue weighted by Gasteiger charge is 2.49. The van der Waals surface area contributed by atoms with Crippen LogP contribution >= 0.6 is 34.8 Å². The van der Waals surface area contributed by atoms with E-state index in [4.69, 9.17) is 44.3 Å². The molecule has 2 fully saturated rings. The Kier molecular flexibility index (Phi) is 6.80. The van der Waals surface area contributed by atoms with Gasteiger partial charge in [0.05, 0.1) is 36.4 Å². The van der Waals surface area contributed by atoms with E-state index in [0.29, 0.717) is 10.6 Å². The normalized spacial score (nSPS) is 20.5. The van der Waals surface area contributed by atoms with Crippen LogP contribution in [0.25, 0.3) is 5.76 Å². The third-order valence-corrected chi connectivity index (χ3v) is 7.05.